The number of likely N-dealkylation sites (tertiary alicyclic amines) is 1. The topological polar surface area (TPSA) is 40.5 Å². The van der Waals surface area contributed by atoms with Gasteiger partial charge in [-0.15, -0.1) is 0 Å². The first-order valence-corrected chi connectivity index (χ1v) is 8.56. The standard InChI is InChI=1S/C19H17ClF3NO2/c20-14-3-1-13(2-4-14)19(26)5-7-24(8-6-19)18(25)10-12-9-16(22)17(23)11-15(12)21/h1-4,9,11,26H,5-8,10H2. The minimum absolute atomic E-state index is 0.188. The van der Waals surface area contributed by atoms with E-state index in [2.05, 4.69) is 0 Å². The van der Waals surface area contributed by atoms with Gasteiger partial charge in [-0.1, -0.05) is 23.7 Å². The predicted octanol–water partition coefficient (Wildman–Crippen LogP) is 3.81. The van der Waals surface area contributed by atoms with Gasteiger partial charge < -0.3 is 10.0 Å². The van der Waals surface area contributed by atoms with Crippen LogP contribution in [0.3, 0.4) is 0 Å². The molecule has 1 aliphatic rings. The highest BCUT2D eigenvalue weighted by Crippen LogP contribution is 2.33. The first-order chi connectivity index (χ1) is 12.3. The van der Waals surface area contributed by atoms with Crippen LogP contribution < -0.4 is 0 Å². The number of hydrogen-bond acceptors (Lipinski definition) is 2. The Hall–Kier alpha value is -2.05. The molecule has 1 heterocycles. The van der Waals surface area contributed by atoms with Crippen molar-refractivity contribution in [1.29, 1.82) is 0 Å². The van der Waals surface area contributed by atoms with Crippen LogP contribution in [0, 0.1) is 17.5 Å². The van der Waals surface area contributed by atoms with Gasteiger partial charge in [-0.2, -0.15) is 0 Å². The Kier molecular flexibility index (Phi) is 5.25. The van der Waals surface area contributed by atoms with Crippen molar-refractivity contribution >= 4 is 17.5 Å². The molecule has 2 aromatic rings. The van der Waals surface area contributed by atoms with E-state index in [1.54, 1.807) is 24.3 Å². The van der Waals surface area contributed by atoms with Gasteiger partial charge >= 0.3 is 0 Å². The number of amides is 1. The van der Waals surface area contributed by atoms with E-state index in [-0.39, 0.29) is 25.1 Å². The van der Waals surface area contributed by atoms with Gasteiger partial charge in [0.15, 0.2) is 11.6 Å². The van der Waals surface area contributed by atoms with E-state index in [1.165, 1.54) is 4.90 Å². The maximum atomic E-state index is 13.7. The van der Waals surface area contributed by atoms with Gasteiger partial charge in [0.2, 0.25) is 5.91 Å². The Labute approximate surface area is 154 Å². The summed E-state index contributed by atoms with van der Waals surface area (Å²) in [4.78, 5) is 13.8. The zero-order chi connectivity index (χ0) is 18.9. The van der Waals surface area contributed by atoms with E-state index in [9.17, 15) is 23.1 Å². The Balaban J connectivity index is 1.65. The summed E-state index contributed by atoms with van der Waals surface area (Å²) in [5.41, 5.74) is -0.526. The van der Waals surface area contributed by atoms with Gasteiger partial charge in [-0.3, -0.25) is 4.79 Å². The minimum atomic E-state index is -1.29. The lowest BCUT2D eigenvalue weighted by Crippen LogP contribution is -2.45. The predicted molar refractivity (Wildman–Crippen MR) is 91.2 cm³/mol. The van der Waals surface area contributed by atoms with Crippen LogP contribution in [-0.4, -0.2) is 29.0 Å². The molecule has 3 nitrogen and oxygen atoms in total. The van der Waals surface area contributed by atoms with Crippen LogP contribution in [0.5, 0.6) is 0 Å². The Morgan fingerprint density at radius 1 is 1.04 bits per heavy atom. The zero-order valence-corrected chi connectivity index (χ0v) is 14.6. The number of benzene rings is 2. The van der Waals surface area contributed by atoms with Crippen LogP contribution in [0.4, 0.5) is 13.2 Å². The third-order valence-corrected chi connectivity index (χ3v) is 5.01. The first-order valence-electron chi connectivity index (χ1n) is 8.18. The van der Waals surface area contributed by atoms with Crippen molar-refractivity contribution in [2.45, 2.75) is 24.9 Å². The fourth-order valence-electron chi connectivity index (χ4n) is 3.15. The summed E-state index contributed by atoms with van der Waals surface area (Å²) < 4.78 is 39.9. The Morgan fingerprint density at radius 3 is 2.23 bits per heavy atom. The molecule has 0 radical (unpaired) electrons. The molecular formula is C19H17ClF3NO2. The van der Waals surface area contributed by atoms with Gasteiger partial charge in [0.1, 0.15) is 5.82 Å². The molecule has 3 rings (SSSR count). The van der Waals surface area contributed by atoms with E-state index >= 15 is 0 Å². The monoisotopic (exact) mass is 383 g/mol. The molecule has 2 aromatic carbocycles. The molecule has 1 N–H and O–H groups in total. The summed E-state index contributed by atoms with van der Waals surface area (Å²) in [6.45, 7) is 0.562. The summed E-state index contributed by atoms with van der Waals surface area (Å²) >= 11 is 5.86. The van der Waals surface area contributed by atoms with E-state index in [0.29, 0.717) is 30.0 Å². The lowest BCUT2D eigenvalue weighted by molar-refractivity contribution is -0.135. The quantitative estimate of drug-likeness (QED) is 0.819. The number of hydrogen-bond donors (Lipinski definition) is 1. The molecule has 0 aliphatic carbocycles. The number of carbonyl (C=O) groups excluding carboxylic acids is 1. The second-order valence-electron chi connectivity index (χ2n) is 6.45. The summed E-state index contributed by atoms with van der Waals surface area (Å²) in [5, 5.41) is 11.4. The Morgan fingerprint density at radius 2 is 1.62 bits per heavy atom. The highest BCUT2D eigenvalue weighted by atomic mass is 35.5. The second-order valence-corrected chi connectivity index (χ2v) is 6.89. The average Bonchev–Trinajstić information content (AvgIpc) is 2.60. The molecule has 1 saturated heterocycles. The molecular weight excluding hydrogens is 367 g/mol. The van der Waals surface area contributed by atoms with E-state index in [1.807, 2.05) is 0 Å². The second kappa shape index (κ2) is 7.29. The van der Waals surface area contributed by atoms with Crippen molar-refractivity contribution in [2.75, 3.05) is 13.1 Å². The van der Waals surface area contributed by atoms with Gasteiger partial charge in [0.05, 0.1) is 12.0 Å². The summed E-state index contributed by atoms with van der Waals surface area (Å²) in [6, 6.07) is 8.02. The van der Waals surface area contributed by atoms with Crippen LogP contribution in [-0.2, 0) is 16.8 Å². The van der Waals surface area contributed by atoms with E-state index < -0.39 is 29.0 Å². The van der Waals surface area contributed by atoms with Gasteiger partial charge in [0, 0.05) is 29.7 Å². The molecule has 26 heavy (non-hydrogen) atoms. The summed E-state index contributed by atoms with van der Waals surface area (Å²) in [7, 11) is 0. The molecule has 0 bridgehead atoms. The van der Waals surface area contributed by atoms with Crippen molar-refractivity contribution in [1.82, 2.24) is 4.90 Å². The molecule has 7 heteroatoms. The van der Waals surface area contributed by atoms with Crippen molar-refractivity contribution < 1.29 is 23.1 Å². The van der Waals surface area contributed by atoms with Crippen LogP contribution in [0.2, 0.25) is 5.02 Å². The number of carbonyl (C=O) groups is 1. The third kappa shape index (κ3) is 3.86. The molecule has 138 valence electrons. The van der Waals surface area contributed by atoms with Crippen LogP contribution in [0.1, 0.15) is 24.0 Å². The lowest BCUT2D eigenvalue weighted by atomic mass is 9.84. The van der Waals surface area contributed by atoms with Gasteiger partial charge in [0.25, 0.3) is 0 Å². The van der Waals surface area contributed by atoms with Crippen LogP contribution >= 0.6 is 11.6 Å². The van der Waals surface area contributed by atoms with E-state index in [4.69, 9.17) is 11.6 Å². The van der Waals surface area contributed by atoms with Crippen LogP contribution in [0.15, 0.2) is 36.4 Å². The highest BCUT2D eigenvalue weighted by Gasteiger charge is 2.35. The number of halogens is 4. The van der Waals surface area contributed by atoms with Crippen LogP contribution in [0.25, 0.3) is 0 Å². The normalized spacial score (nSPS) is 16.6. The van der Waals surface area contributed by atoms with Gasteiger partial charge in [-0.25, -0.2) is 13.2 Å². The van der Waals surface area contributed by atoms with Crippen molar-refractivity contribution in [3.63, 3.8) is 0 Å². The highest BCUT2D eigenvalue weighted by molar-refractivity contribution is 6.30. The minimum Gasteiger partial charge on any atom is -0.385 e. The van der Waals surface area contributed by atoms with Crippen molar-refractivity contribution in [2.24, 2.45) is 0 Å². The fourth-order valence-corrected chi connectivity index (χ4v) is 3.27. The molecule has 0 saturated carbocycles. The number of rotatable bonds is 3. The molecule has 1 aliphatic heterocycles. The largest absolute Gasteiger partial charge is 0.385 e. The lowest BCUT2D eigenvalue weighted by Gasteiger charge is -2.38. The number of aliphatic hydroxyl groups is 1. The first kappa shape index (κ1) is 18.7. The fraction of sp³-hybridized carbons (Fsp3) is 0.316. The van der Waals surface area contributed by atoms with Crippen molar-refractivity contribution in [3.8, 4) is 0 Å². The molecule has 0 aromatic heterocycles. The van der Waals surface area contributed by atoms with E-state index in [0.717, 1.165) is 5.56 Å². The van der Waals surface area contributed by atoms with Crippen molar-refractivity contribution in [3.05, 3.63) is 70.0 Å². The molecule has 1 fully saturated rings. The third-order valence-electron chi connectivity index (χ3n) is 4.76. The Bertz CT molecular complexity index is 818. The number of piperidine rings is 1. The zero-order valence-electron chi connectivity index (χ0n) is 13.8. The summed E-state index contributed by atoms with van der Waals surface area (Å²) in [6.07, 6.45) is 0.281. The molecule has 0 spiro atoms. The molecule has 1 amide bonds. The molecule has 0 atom stereocenters. The summed E-state index contributed by atoms with van der Waals surface area (Å²) in [5.74, 6) is -3.82. The maximum absolute atomic E-state index is 13.7. The van der Waals surface area contributed by atoms with Gasteiger partial charge in [-0.05, 0) is 36.6 Å². The number of nitrogens with zero attached hydrogens (tertiary/aromatic N) is 1. The molecule has 0 unspecified atom stereocenters. The average molecular weight is 384 g/mol. The maximum Gasteiger partial charge on any atom is 0.227 e. The smallest absolute Gasteiger partial charge is 0.227 e. The SMILES string of the molecule is O=C(Cc1cc(F)c(F)cc1F)N1CCC(O)(c2ccc(Cl)cc2)CC1.